The Balaban J connectivity index is 2.75. The average Bonchev–Trinajstić information content (AvgIpc) is 2.47. The molecule has 0 atom stereocenters. The standard InChI is InChI=1S/C9H11N3S/c1-5-3-6(2)8-7(4-5)11-9(12-10)13-8/h3-4H,10H2,1-2H3,(H,11,12). The van der Waals surface area contributed by atoms with Crippen molar-refractivity contribution in [3.05, 3.63) is 23.3 Å². The van der Waals surface area contributed by atoms with Gasteiger partial charge in [0.05, 0.1) is 10.2 Å². The van der Waals surface area contributed by atoms with E-state index in [2.05, 4.69) is 36.4 Å². The van der Waals surface area contributed by atoms with Crippen LogP contribution in [0.5, 0.6) is 0 Å². The minimum atomic E-state index is 0.767. The number of aryl methyl sites for hydroxylation is 2. The van der Waals surface area contributed by atoms with Crippen molar-refractivity contribution in [1.82, 2.24) is 4.98 Å². The number of nitrogens with two attached hydrogens (primary N) is 1. The molecule has 0 unspecified atom stereocenters. The summed E-state index contributed by atoms with van der Waals surface area (Å²) in [5.41, 5.74) is 6.09. The van der Waals surface area contributed by atoms with Crippen LogP contribution in [0.15, 0.2) is 12.1 Å². The lowest BCUT2D eigenvalue weighted by atomic mass is 10.1. The van der Waals surface area contributed by atoms with Gasteiger partial charge in [-0.3, -0.25) is 5.43 Å². The van der Waals surface area contributed by atoms with E-state index < -0.39 is 0 Å². The third-order valence-electron chi connectivity index (χ3n) is 1.94. The largest absolute Gasteiger partial charge is 0.300 e. The van der Waals surface area contributed by atoms with Gasteiger partial charge in [0.2, 0.25) is 0 Å². The van der Waals surface area contributed by atoms with Gasteiger partial charge in [0.1, 0.15) is 0 Å². The number of nitrogens with one attached hydrogen (secondary N) is 1. The highest BCUT2D eigenvalue weighted by Crippen LogP contribution is 2.28. The highest BCUT2D eigenvalue weighted by Gasteiger charge is 2.05. The van der Waals surface area contributed by atoms with Crippen molar-refractivity contribution in [2.45, 2.75) is 13.8 Å². The molecule has 0 aliphatic rings. The van der Waals surface area contributed by atoms with Gasteiger partial charge in [-0.25, -0.2) is 10.8 Å². The summed E-state index contributed by atoms with van der Waals surface area (Å²) in [7, 11) is 0. The Labute approximate surface area is 80.6 Å². The molecule has 0 saturated heterocycles. The fourth-order valence-corrected chi connectivity index (χ4v) is 2.26. The van der Waals surface area contributed by atoms with Crippen molar-refractivity contribution in [1.29, 1.82) is 0 Å². The van der Waals surface area contributed by atoms with Crippen molar-refractivity contribution in [3.63, 3.8) is 0 Å². The lowest BCUT2D eigenvalue weighted by molar-refractivity contribution is 1.31. The maximum Gasteiger partial charge on any atom is 0.198 e. The number of nitrogens with zero attached hydrogens (tertiary/aromatic N) is 1. The van der Waals surface area contributed by atoms with Gasteiger partial charge in [-0.2, -0.15) is 0 Å². The van der Waals surface area contributed by atoms with E-state index in [1.54, 1.807) is 11.3 Å². The number of hydrogen-bond donors (Lipinski definition) is 2. The molecule has 0 radical (unpaired) electrons. The third-order valence-corrected chi connectivity index (χ3v) is 3.08. The fraction of sp³-hybridized carbons (Fsp3) is 0.222. The van der Waals surface area contributed by atoms with Crippen LogP contribution in [0, 0.1) is 13.8 Å². The van der Waals surface area contributed by atoms with Gasteiger partial charge in [-0.15, -0.1) is 0 Å². The monoisotopic (exact) mass is 193 g/mol. The smallest absolute Gasteiger partial charge is 0.198 e. The Bertz CT molecular complexity index is 447. The summed E-state index contributed by atoms with van der Waals surface area (Å²) in [6, 6.07) is 4.22. The van der Waals surface area contributed by atoms with Gasteiger partial charge in [-0.05, 0) is 31.0 Å². The van der Waals surface area contributed by atoms with E-state index in [4.69, 9.17) is 5.84 Å². The number of benzene rings is 1. The summed E-state index contributed by atoms with van der Waals surface area (Å²) in [5, 5.41) is 0.767. The van der Waals surface area contributed by atoms with E-state index in [1.807, 2.05) is 0 Å². The van der Waals surface area contributed by atoms with Crippen molar-refractivity contribution in [2.24, 2.45) is 5.84 Å². The zero-order valence-electron chi connectivity index (χ0n) is 7.59. The fourth-order valence-electron chi connectivity index (χ4n) is 1.44. The highest BCUT2D eigenvalue weighted by atomic mass is 32.1. The molecule has 68 valence electrons. The first-order chi connectivity index (χ1) is 6.20. The molecule has 2 aromatic rings. The first-order valence-corrected chi connectivity index (χ1v) is 4.87. The van der Waals surface area contributed by atoms with Gasteiger partial charge >= 0.3 is 0 Å². The normalized spacial score (nSPS) is 10.7. The summed E-state index contributed by atoms with van der Waals surface area (Å²) in [5.74, 6) is 5.30. The molecule has 0 amide bonds. The Morgan fingerprint density at radius 3 is 2.85 bits per heavy atom. The minimum Gasteiger partial charge on any atom is -0.300 e. The molecule has 0 fully saturated rings. The van der Waals surface area contributed by atoms with Gasteiger partial charge in [0, 0.05) is 0 Å². The molecule has 2 rings (SSSR count). The molecule has 0 spiro atoms. The van der Waals surface area contributed by atoms with Crippen LogP contribution in [0.1, 0.15) is 11.1 Å². The van der Waals surface area contributed by atoms with Crippen LogP contribution in [0.4, 0.5) is 5.13 Å². The molecule has 13 heavy (non-hydrogen) atoms. The summed E-state index contributed by atoms with van der Waals surface area (Å²) in [6.07, 6.45) is 0. The second-order valence-corrected chi connectivity index (χ2v) is 4.09. The number of fused-ring (bicyclic) bond motifs is 1. The first-order valence-electron chi connectivity index (χ1n) is 4.05. The van der Waals surface area contributed by atoms with E-state index in [1.165, 1.54) is 15.8 Å². The summed E-state index contributed by atoms with van der Waals surface area (Å²) < 4.78 is 1.21. The third kappa shape index (κ3) is 1.38. The van der Waals surface area contributed by atoms with Crippen molar-refractivity contribution in [2.75, 3.05) is 5.43 Å². The van der Waals surface area contributed by atoms with Gasteiger partial charge < -0.3 is 0 Å². The Kier molecular flexibility index (Phi) is 1.94. The van der Waals surface area contributed by atoms with Crippen molar-refractivity contribution in [3.8, 4) is 0 Å². The molecule has 3 N–H and O–H groups in total. The number of anilines is 1. The average molecular weight is 193 g/mol. The summed E-state index contributed by atoms with van der Waals surface area (Å²) >= 11 is 1.59. The predicted molar refractivity (Wildman–Crippen MR) is 56.9 cm³/mol. The van der Waals surface area contributed by atoms with E-state index in [-0.39, 0.29) is 0 Å². The maximum atomic E-state index is 5.30. The predicted octanol–water partition coefficient (Wildman–Crippen LogP) is 2.20. The SMILES string of the molecule is Cc1cc(C)c2sc(NN)nc2c1. The molecule has 0 bridgehead atoms. The number of hydrogen-bond acceptors (Lipinski definition) is 4. The second kappa shape index (κ2) is 2.97. The highest BCUT2D eigenvalue weighted by molar-refractivity contribution is 7.22. The van der Waals surface area contributed by atoms with Crippen LogP contribution >= 0.6 is 11.3 Å². The Hall–Kier alpha value is -1.13. The molecule has 0 aliphatic heterocycles. The Morgan fingerprint density at radius 1 is 1.38 bits per heavy atom. The molecular weight excluding hydrogens is 182 g/mol. The minimum absolute atomic E-state index is 0.767. The molecule has 0 aliphatic carbocycles. The quantitative estimate of drug-likeness (QED) is 0.539. The van der Waals surface area contributed by atoms with Crippen molar-refractivity contribution < 1.29 is 0 Å². The molecule has 1 heterocycles. The number of thiazole rings is 1. The molecule has 3 nitrogen and oxygen atoms in total. The van der Waals surface area contributed by atoms with Crippen LogP contribution in [0.2, 0.25) is 0 Å². The topological polar surface area (TPSA) is 50.9 Å². The number of hydrazine groups is 1. The molecular formula is C9H11N3S. The second-order valence-electron chi connectivity index (χ2n) is 3.09. The molecule has 1 aromatic carbocycles. The zero-order valence-corrected chi connectivity index (χ0v) is 8.40. The zero-order chi connectivity index (χ0) is 9.42. The van der Waals surface area contributed by atoms with E-state index in [9.17, 15) is 0 Å². The van der Waals surface area contributed by atoms with Gasteiger partial charge in [0.25, 0.3) is 0 Å². The summed E-state index contributed by atoms with van der Waals surface area (Å²) in [6.45, 7) is 4.16. The van der Waals surface area contributed by atoms with E-state index in [0.717, 1.165) is 10.6 Å². The molecule has 4 heteroatoms. The van der Waals surface area contributed by atoms with Gasteiger partial charge in [0.15, 0.2) is 5.13 Å². The molecule has 0 saturated carbocycles. The van der Waals surface area contributed by atoms with Crippen LogP contribution in [0.25, 0.3) is 10.2 Å². The van der Waals surface area contributed by atoms with Crippen LogP contribution in [-0.2, 0) is 0 Å². The maximum absolute atomic E-state index is 5.30. The van der Waals surface area contributed by atoms with Crippen LogP contribution < -0.4 is 11.3 Å². The number of nitrogen functional groups attached to an aromatic ring is 1. The van der Waals surface area contributed by atoms with Crippen LogP contribution in [0.3, 0.4) is 0 Å². The van der Waals surface area contributed by atoms with Crippen molar-refractivity contribution >= 4 is 26.7 Å². The lowest BCUT2D eigenvalue weighted by Gasteiger charge is -1.95. The lowest BCUT2D eigenvalue weighted by Crippen LogP contribution is -2.05. The van der Waals surface area contributed by atoms with Gasteiger partial charge in [-0.1, -0.05) is 17.4 Å². The van der Waals surface area contributed by atoms with Crippen LogP contribution in [-0.4, -0.2) is 4.98 Å². The number of aromatic nitrogens is 1. The van der Waals surface area contributed by atoms with E-state index in [0.29, 0.717) is 0 Å². The van der Waals surface area contributed by atoms with E-state index >= 15 is 0 Å². The Morgan fingerprint density at radius 2 is 2.15 bits per heavy atom. The summed E-state index contributed by atoms with van der Waals surface area (Å²) in [4.78, 5) is 4.34. The first kappa shape index (κ1) is 8.47. The number of rotatable bonds is 1. The molecule has 1 aromatic heterocycles.